The standard InChI is InChI=1S/C26H34O6/c1-31-10-11-32-21-7-2-16(3-8-21)12-19-13-18(6-9-22(19)17-4-5-17)23-14-20(15-27)24(28)26(30)25(23)29/h2-3,6-9,13,17,20,23-30H,4-5,10-12,14-15H2,1H3/t20-,23+,24-,25+,26+/m1/s1. The maximum atomic E-state index is 10.7. The van der Waals surface area contributed by atoms with Gasteiger partial charge in [-0.15, -0.1) is 0 Å². The second kappa shape index (κ2) is 10.3. The van der Waals surface area contributed by atoms with Crippen LogP contribution < -0.4 is 4.74 Å². The summed E-state index contributed by atoms with van der Waals surface area (Å²) in [5.74, 6) is 0.629. The summed E-state index contributed by atoms with van der Waals surface area (Å²) in [6, 6.07) is 14.4. The molecule has 2 aromatic rings. The molecule has 6 nitrogen and oxygen atoms in total. The fourth-order valence-corrected chi connectivity index (χ4v) is 4.81. The Labute approximate surface area is 189 Å². The lowest BCUT2D eigenvalue weighted by Crippen LogP contribution is -2.51. The Morgan fingerprint density at radius 3 is 2.31 bits per heavy atom. The third-order valence-corrected chi connectivity index (χ3v) is 6.87. The lowest BCUT2D eigenvalue weighted by atomic mass is 9.72. The van der Waals surface area contributed by atoms with Crippen molar-refractivity contribution in [3.05, 3.63) is 64.7 Å². The molecule has 0 bridgehead atoms. The van der Waals surface area contributed by atoms with Gasteiger partial charge in [0.15, 0.2) is 0 Å². The maximum Gasteiger partial charge on any atom is 0.119 e. The zero-order chi connectivity index (χ0) is 22.7. The largest absolute Gasteiger partial charge is 0.491 e. The summed E-state index contributed by atoms with van der Waals surface area (Å²) in [5.41, 5.74) is 4.70. The van der Waals surface area contributed by atoms with Crippen molar-refractivity contribution in [2.45, 2.75) is 55.8 Å². The molecule has 0 aromatic heterocycles. The van der Waals surface area contributed by atoms with Gasteiger partial charge in [0, 0.05) is 25.6 Å². The summed E-state index contributed by atoms with van der Waals surface area (Å²) < 4.78 is 10.7. The third kappa shape index (κ3) is 5.16. The van der Waals surface area contributed by atoms with Gasteiger partial charge in [0.25, 0.3) is 0 Å². The van der Waals surface area contributed by atoms with Gasteiger partial charge < -0.3 is 29.9 Å². The summed E-state index contributed by atoms with van der Waals surface area (Å²) in [6.07, 6.45) is 0.172. The zero-order valence-corrected chi connectivity index (χ0v) is 18.6. The summed E-state index contributed by atoms with van der Waals surface area (Å²) in [5, 5.41) is 40.7. The van der Waals surface area contributed by atoms with Crippen LogP contribution in [0.3, 0.4) is 0 Å². The molecule has 2 aliphatic rings. The highest BCUT2D eigenvalue weighted by Gasteiger charge is 2.43. The van der Waals surface area contributed by atoms with Gasteiger partial charge in [-0.1, -0.05) is 30.3 Å². The summed E-state index contributed by atoms with van der Waals surface area (Å²) in [6.45, 7) is 0.852. The maximum absolute atomic E-state index is 10.7. The average molecular weight is 443 g/mol. The molecule has 0 spiro atoms. The van der Waals surface area contributed by atoms with Crippen LogP contribution >= 0.6 is 0 Å². The van der Waals surface area contributed by atoms with Gasteiger partial charge in [0.1, 0.15) is 18.5 Å². The highest BCUT2D eigenvalue weighted by Crippen LogP contribution is 2.44. The Kier molecular flexibility index (Phi) is 7.48. The Hall–Kier alpha value is -1.96. The van der Waals surface area contributed by atoms with Crippen LogP contribution in [-0.2, 0) is 11.2 Å². The molecule has 0 amide bonds. The van der Waals surface area contributed by atoms with Gasteiger partial charge >= 0.3 is 0 Å². The molecule has 0 unspecified atom stereocenters. The van der Waals surface area contributed by atoms with E-state index in [4.69, 9.17) is 9.47 Å². The van der Waals surface area contributed by atoms with Crippen molar-refractivity contribution < 1.29 is 29.9 Å². The lowest BCUT2D eigenvalue weighted by Gasteiger charge is -2.40. The number of rotatable bonds is 9. The summed E-state index contributed by atoms with van der Waals surface area (Å²) in [4.78, 5) is 0. The molecular weight excluding hydrogens is 408 g/mol. The zero-order valence-electron chi connectivity index (χ0n) is 18.6. The Balaban J connectivity index is 1.55. The summed E-state index contributed by atoms with van der Waals surface area (Å²) >= 11 is 0. The molecule has 0 heterocycles. The first-order chi connectivity index (χ1) is 15.5. The number of ether oxygens (including phenoxy) is 2. The third-order valence-electron chi connectivity index (χ3n) is 6.87. The second-order valence-electron chi connectivity index (χ2n) is 9.15. The molecule has 2 aromatic carbocycles. The molecule has 2 fully saturated rings. The van der Waals surface area contributed by atoms with E-state index in [1.165, 1.54) is 29.5 Å². The topological polar surface area (TPSA) is 99.4 Å². The van der Waals surface area contributed by atoms with Crippen LogP contribution in [-0.4, -0.2) is 65.7 Å². The molecule has 6 heteroatoms. The van der Waals surface area contributed by atoms with Gasteiger partial charge in [0.2, 0.25) is 0 Å². The fourth-order valence-electron chi connectivity index (χ4n) is 4.81. The van der Waals surface area contributed by atoms with Crippen LogP contribution in [0.1, 0.15) is 53.4 Å². The smallest absolute Gasteiger partial charge is 0.119 e. The van der Waals surface area contributed by atoms with E-state index in [1.807, 2.05) is 18.2 Å². The molecule has 4 N–H and O–H groups in total. The van der Waals surface area contributed by atoms with Crippen molar-refractivity contribution in [2.24, 2.45) is 5.92 Å². The molecule has 5 atom stereocenters. The first kappa shape index (κ1) is 23.2. The van der Waals surface area contributed by atoms with Crippen LogP contribution in [0.15, 0.2) is 42.5 Å². The molecule has 2 aliphatic carbocycles. The molecule has 0 saturated heterocycles. The minimum Gasteiger partial charge on any atom is -0.491 e. The fraction of sp³-hybridized carbons (Fsp3) is 0.538. The van der Waals surface area contributed by atoms with E-state index in [2.05, 4.69) is 24.3 Å². The highest BCUT2D eigenvalue weighted by atomic mass is 16.5. The van der Waals surface area contributed by atoms with Crippen LogP contribution in [0.4, 0.5) is 0 Å². The van der Waals surface area contributed by atoms with Gasteiger partial charge in [-0.05, 0) is 66.0 Å². The van der Waals surface area contributed by atoms with E-state index in [0.29, 0.717) is 25.6 Å². The van der Waals surface area contributed by atoms with Crippen LogP contribution in [0.25, 0.3) is 0 Å². The van der Waals surface area contributed by atoms with E-state index < -0.39 is 24.2 Å². The van der Waals surface area contributed by atoms with E-state index in [-0.39, 0.29) is 12.5 Å². The van der Waals surface area contributed by atoms with Gasteiger partial charge in [-0.25, -0.2) is 0 Å². The van der Waals surface area contributed by atoms with Crippen molar-refractivity contribution in [3.8, 4) is 5.75 Å². The van der Waals surface area contributed by atoms with Gasteiger partial charge in [-0.2, -0.15) is 0 Å². The number of aliphatic hydroxyl groups is 4. The first-order valence-electron chi connectivity index (χ1n) is 11.5. The number of methoxy groups -OCH3 is 1. The van der Waals surface area contributed by atoms with Crippen LogP contribution in [0.2, 0.25) is 0 Å². The molecular formula is C26H34O6. The number of hydrogen-bond donors (Lipinski definition) is 4. The number of hydrogen-bond acceptors (Lipinski definition) is 6. The molecule has 32 heavy (non-hydrogen) atoms. The van der Waals surface area contributed by atoms with Crippen molar-refractivity contribution in [1.82, 2.24) is 0 Å². The minimum atomic E-state index is -1.26. The van der Waals surface area contributed by atoms with Crippen molar-refractivity contribution >= 4 is 0 Å². The normalized spacial score (nSPS) is 28.0. The van der Waals surface area contributed by atoms with E-state index in [9.17, 15) is 20.4 Å². The van der Waals surface area contributed by atoms with Crippen molar-refractivity contribution in [2.75, 3.05) is 26.9 Å². The predicted octanol–water partition coefficient (Wildman–Crippen LogP) is 2.36. The van der Waals surface area contributed by atoms with Crippen LogP contribution in [0, 0.1) is 5.92 Å². The Bertz CT molecular complexity index is 876. The molecule has 174 valence electrons. The predicted molar refractivity (Wildman–Crippen MR) is 121 cm³/mol. The molecule has 0 radical (unpaired) electrons. The molecule has 2 saturated carbocycles. The second-order valence-corrected chi connectivity index (χ2v) is 9.15. The van der Waals surface area contributed by atoms with Crippen LogP contribution in [0.5, 0.6) is 5.75 Å². The van der Waals surface area contributed by atoms with E-state index in [1.54, 1.807) is 7.11 Å². The highest BCUT2D eigenvalue weighted by molar-refractivity contribution is 5.42. The number of aliphatic hydroxyl groups excluding tert-OH is 4. The number of benzene rings is 2. The van der Waals surface area contributed by atoms with E-state index >= 15 is 0 Å². The Morgan fingerprint density at radius 2 is 1.66 bits per heavy atom. The Morgan fingerprint density at radius 1 is 0.906 bits per heavy atom. The van der Waals surface area contributed by atoms with Gasteiger partial charge in [0.05, 0.1) is 18.8 Å². The van der Waals surface area contributed by atoms with E-state index in [0.717, 1.165) is 17.7 Å². The monoisotopic (exact) mass is 442 g/mol. The minimum absolute atomic E-state index is 0.215. The quantitative estimate of drug-likeness (QED) is 0.445. The molecule has 0 aliphatic heterocycles. The SMILES string of the molecule is COCCOc1ccc(Cc2cc([C@@H]3C[C@H](CO)[C@@H](O)[C@H](O)[C@H]3O)ccc2C2CC2)cc1. The molecule has 4 rings (SSSR count). The van der Waals surface area contributed by atoms with Crippen molar-refractivity contribution in [1.29, 1.82) is 0 Å². The lowest BCUT2D eigenvalue weighted by molar-refractivity contribution is -0.127. The van der Waals surface area contributed by atoms with Crippen molar-refractivity contribution in [3.63, 3.8) is 0 Å². The average Bonchev–Trinajstić information content (AvgIpc) is 3.64. The van der Waals surface area contributed by atoms with Gasteiger partial charge in [-0.3, -0.25) is 0 Å². The summed E-state index contributed by atoms with van der Waals surface area (Å²) in [7, 11) is 1.65. The first-order valence-corrected chi connectivity index (χ1v) is 11.5.